The van der Waals surface area contributed by atoms with Gasteiger partial charge in [-0.2, -0.15) is 10.5 Å². The van der Waals surface area contributed by atoms with Gasteiger partial charge in [0.15, 0.2) is 0 Å². The average molecular weight is 551 g/mol. The Kier molecular flexibility index (Phi) is 8.07. The van der Waals surface area contributed by atoms with Crippen molar-refractivity contribution in [1.82, 2.24) is 0 Å². The number of rotatable bonds is 5. The number of hydrogen-bond acceptors (Lipinski definition) is 6. The maximum absolute atomic E-state index is 12.7. The SMILES string of the molecule is CC(C)(C)C1CCc2c(sc(NC(=O)CCC(=O)Nc3sc4c(c3C#N)CCC(C(C)(C)C)C4)c2C#N)C1. The third-order valence-corrected chi connectivity index (χ3v) is 10.6. The second kappa shape index (κ2) is 10.8. The molecule has 2 atom stereocenters. The van der Waals surface area contributed by atoms with Crippen LogP contribution in [0.15, 0.2) is 0 Å². The summed E-state index contributed by atoms with van der Waals surface area (Å²) in [6.45, 7) is 13.5. The molecule has 2 N–H and O–H groups in total. The summed E-state index contributed by atoms with van der Waals surface area (Å²) < 4.78 is 0. The number of nitriles is 2. The van der Waals surface area contributed by atoms with Gasteiger partial charge in [-0.15, -0.1) is 22.7 Å². The van der Waals surface area contributed by atoms with E-state index in [1.165, 1.54) is 32.4 Å². The Labute approximate surface area is 234 Å². The van der Waals surface area contributed by atoms with Crippen LogP contribution in [0, 0.1) is 45.3 Å². The molecule has 0 aromatic carbocycles. The normalized spacial score (nSPS) is 19.1. The molecule has 2 aromatic heterocycles. The zero-order valence-electron chi connectivity index (χ0n) is 23.3. The fraction of sp³-hybridized carbons (Fsp3) is 0.600. The van der Waals surface area contributed by atoms with Crippen molar-refractivity contribution in [3.05, 3.63) is 32.0 Å². The van der Waals surface area contributed by atoms with Crippen LogP contribution in [-0.2, 0) is 35.3 Å². The fourth-order valence-electron chi connectivity index (χ4n) is 5.67. The first-order valence-corrected chi connectivity index (χ1v) is 15.1. The summed E-state index contributed by atoms with van der Waals surface area (Å²) in [5.41, 5.74) is 3.70. The number of hydrogen-bond donors (Lipinski definition) is 2. The first-order chi connectivity index (χ1) is 17.8. The summed E-state index contributed by atoms with van der Waals surface area (Å²) >= 11 is 3.01. The lowest BCUT2D eigenvalue weighted by molar-refractivity contribution is -0.121. The highest BCUT2D eigenvalue weighted by Crippen LogP contribution is 2.45. The topological polar surface area (TPSA) is 106 Å². The van der Waals surface area contributed by atoms with Gasteiger partial charge in [-0.3, -0.25) is 9.59 Å². The number of nitrogens with zero attached hydrogens (tertiary/aromatic N) is 2. The monoisotopic (exact) mass is 550 g/mol. The average Bonchev–Trinajstić information content (AvgIpc) is 3.36. The van der Waals surface area contributed by atoms with Crippen molar-refractivity contribution in [3.8, 4) is 12.1 Å². The fourth-order valence-corrected chi connectivity index (χ4v) is 8.26. The molecule has 2 amide bonds. The van der Waals surface area contributed by atoms with E-state index in [-0.39, 0.29) is 35.5 Å². The molecule has 0 fully saturated rings. The molecule has 0 saturated heterocycles. The van der Waals surface area contributed by atoms with Crippen molar-refractivity contribution in [2.24, 2.45) is 22.7 Å². The van der Waals surface area contributed by atoms with Gasteiger partial charge in [-0.25, -0.2) is 0 Å². The Balaban J connectivity index is 1.37. The molecular weight excluding hydrogens is 512 g/mol. The lowest BCUT2D eigenvalue weighted by atomic mass is 9.72. The zero-order chi connectivity index (χ0) is 27.8. The van der Waals surface area contributed by atoms with E-state index >= 15 is 0 Å². The van der Waals surface area contributed by atoms with E-state index in [1.807, 2.05) is 0 Å². The van der Waals surface area contributed by atoms with Gasteiger partial charge in [-0.05, 0) is 72.3 Å². The van der Waals surface area contributed by atoms with E-state index in [9.17, 15) is 20.1 Å². The number of amides is 2. The molecule has 4 rings (SSSR count). The van der Waals surface area contributed by atoms with Crippen LogP contribution in [0.2, 0.25) is 0 Å². The second-order valence-corrected chi connectivity index (χ2v) is 15.1. The number of nitrogens with one attached hydrogen (secondary N) is 2. The number of fused-ring (bicyclic) bond motifs is 2. The number of carbonyl (C=O) groups excluding carboxylic acids is 2. The van der Waals surface area contributed by atoms with E-state index in [4.69, 9.17) is 0 Å². The predicted molar refractivity (Wildman–Crippen MR) is 155 cm³/mol. The first kappa shape index (κ1) is 28.3. The van der Waals surface area contributed by atoms with Crippen molar-refractivity contribution >= 4 is 44.5 Å². The third-order valence-electron chi connectivity index (χ3n) is 8.29. The quantitative estimate of drug-likeness (QED) is 0.410. The molecule has 0 radical (unpaired) electrons. The highest BCUT2D eigenvalue weighted by Gasteiger charge is 2.34. The minimum absolute atomic E-state index is 0.0168. The molecule has 6 nitrogen and oxygen atoms in total. The van der Waals surface area contributed by atoms with Gasteiger partial charge in [0.1, 0.15) is 22.1 Å². The van der Waals surface area contributed by atoms with E-state index in [2.05, 4.69) is 64.3 Å². The molecule has 0 spiro atoms. The molecule has 2 aliphatic rings. The van der Waals surface area contributed by atoms with Gasteiger partial charge in [0.05, 0.1) is 11.1 Å². The van der Waals surface area contributed by atoms with Gasteiger partial charge in [-0.1, -0.05) is 41.5 Å². The molecule has 2 heterocycles. The number of anilines is 2. The predicted octanol–water partition coefficient (Wildman–Crippen LogP) is 7.21. The molecule has 38 heavy (non-hydrogen) atoms. The van der Waals surface area contributed by atoms with Gasteiger partial charge in [0.25, 0.3) is 0 Å². The van der Waals surface area contributed by atoms with Crippen molar-refractivity contribution < 1.29 is 9.59 Å². The number of thiophene rings is 2. The maximum Gasteiger partial charge on any atom is 0.225 e. The van der Waals surface area contributed by atoms with Crippen LogP contribution in [0.1, 0.15) is 99.2 Å². The molecule has 8 heteroatoms. The zero-order valence-corrected chi connectivity index (χ0v) is 25.0. The Morgan fingerprint density at radius 3 is 1.45 bits per heavy atom. The van der Waals surface area contributed by atoms with Crippen molar-refractivity contribution in [2.75, 3.05) is 10.6 Å². The van der Waals surface area contributed by atoms with Gasteiger partial charge in [0, 0.05) is 22.6 Å². The summed E-state index contributed by atoms with van der Waals surface area (Å²) in [7, 11) is 0. The largest absolute Gasteiger partial charge is 0.317 e. The van der Waals surface area contributed by atoms with Crippen LogP contribution in [0.5, 0.6) is 0 Å². The summed E-state index contributed by atoms with van der Waals surface area (Å²) in [5.74, 6) is 0.546. The summed E-state index contributed by atoms with van der Waals surface area (Å²) in [6.07, 6.45) is 5.70. The van der Waals surface area contributed by atoms with Gasteiger partial charge < -0.3 is 10.6 Å². The van der Waals surface area contributed by atoms with Gasteiger partial charge >= 0.3 is 0 Å². The standard InChI is InChI=1S/C30H38N4O2S2/c1-29(2,3)17-7-9-19-21(15-31)27(37-23(19)13-17)33-25(35)11-12-26(36)34-28-22(16-32)20-10-8-18(30(4,5)6)14-24(20)38-28/h17-18H,7-14H2,1-6H3,(H,33,35)(H,34,36). The van der Waals surface area contributed by atoms with E-state index in [0.717, 1.165) is 49.7 Å². The smallest absolute Gasteiger partial charge is 0.225 e. The highest BCUT2D eigenvalue weighted by atomic mass is 32.1. The summed E-state index contributed by atoms with van der Waals surface area (Å²) in [4.78, 5) is 27.9. The third kappa shape index (κ3) is 5.98. The number of carbonyl (C=O) groups is 2. The van der Waals surface area contributed by atoms with Crippen LogP contribution in [0.4, 0.5) is 10.0 Å². The molecule has 0 bridgehead atoms. The molecule has 2 aliphatic carbocycles. The lowest BCUT2D eigenvalue weighted by Gasteiger charge is -2.33. The van der Waals surface area contributed by atoms with Crippen molar-refractivity contribution in [1.29, 1.82) is 10.5 Å². The first-order valence-electron chi connectivity index (χ1n) is 13.5. The molecule has 202 valence electrons. The van der Waals surface area contributed by atoms with Crippen LogP contribution < -0.4 is 10.6 Å². The molecule has 0 aliphatic heterocycles. The maximum atomic E-state index is 12.7. The van der Waals surface area contributed by atoms with Gasteiger partial charge in [0.2, 0.25) is 11.8 Å². The second-order valence-electron chi connectivity index (χ2n) is 12.8. The molecule has 2 unspecified atom stereocenters. The van der Waals surface area contributed by atoms with Crippen LogP contribution in [0.25, 0.3) is 0 Å². The molecular formula is C30H38N4O2S2. The van der Waals surface area contributed by atoms with E-state index in [0.29, 0.717) is 33.0 Å². The Morgan fingerprint density at radius 1 is 0.763 bits per heavy atom. The van der Waals surface area contributed by atoms with Crippen LogP contribution in [0.3, 0.4) is 0 Å². The molecule has 0 saturated carbocycles. The summed E-state index contributed by atoms with van der Waals surface area (Å²) in [5, 5.41) is 26.6. The minimum Gasteiger partial charge on any atom is -0.317 e. The van der Waals surface area contributed by atoms with Crippen LogP contribution in [-0.4, -0.2) is 11.8 Å². The molecule has 2 aromatic rings. The van der Waals surface area contributed by atoms with E-state index in [1.54, 1.807) is 0 Å². The Hall–Kier alpha value is -2.68. The minimum atomic E-state index is -0.276. The highest BCUT2D eigenvalue weighted by molar-refractivity contribution is 7.17. The lowest BCUT2D eigenvalue weighted by Crippen LogP contribution is -2.26. The summed E-state index contributed by atoms with van der Waals surface area (Å²) in [6, 6.07) is 4.59. The van der Waals surface area contributed by atoms with Crippen molar-refractivity contribution in [2.45, 2.75) is 92.9 Å². The van der Waals surface area contributed by atoms with E-state index < -0.39 is 0 Å². The van der Waals surface area contributed by atoms with Crippen molar-refractivity contribution in [3.63, 3.8) is 0 Å². The van der Waals surface area contributed by atoms with Crippen LogP contribution >= 0.6 is 22.7 Å². The Morgan fingerprint density at radius 2 is 1.13 bits per heavy atom. The Bertz CT molecular complexity index is 1220.